The Labute approximate surface area is 236 Å². The Bertz CT molecular complexity index is 1500. The first-order valence-corrected chi connectivity index (χ1v) is 13.6. The second-order valence-corrected chi connectivity index (χ2v) is 10.5. The van der Waals surface area contributed by atoms with Crippen molar-refractivity contribution in [2.75, 3.05) is 33.4 Å². The monoisotopic (exact) mass is 565 g/mol. The van der Waals surface area contributed by atoms with Gasteiger partial charge in [0.1, 0.15) is 5.75 Å². The lowest BCUT2D eigenvalue weighted by Gasteiger charge is -2.33. The Morgan fingerprint density at radius 3 is 2.39 bits per heavy atom. The number of halogens is 4. The lowest BCUT2D eigenvalue weighted by atomic mass is 9.86. The Balaban J connectivity index is 1.59. The summed E-state index contributed by atoms with van der Waals surface area (Å²) >= 11 is 0. The molecule has 1 fully saturated rings. The molecule has 41 heavy (non-hydrogen) atoms. The van der Waals surface area contributed by atoms with E-state index >= 15 is 0 Å². The van der Waals surface area contributed by atoms with Gasteiger partial charge in [-0.15, -0.1) is 0 Å². The number of nitrogens with zero attached hydrogens (tertiary/aromatic N) is 1. The van der Waals surface area contributed by atoms with E-state index in [4.69, 9.17) is 4.74 Å². The number of benzene rings is 3. The SMILES string of the molecule is COc1ccc(C2=C(c3ccc(C=C4CN(CCCF)C4)cc3)c3ccc(C(=O)O)cc3CCC2)cc1C(F)(F)F. The zero-order valence-corrected chi connectivity index (χ0v) is 22.7. The Morgan fingerprint density at radius 1 is 1.00 bits per heavy atom. The predicted molar refractivity (Wildman–Crippen MR) is 152 cm³/mol. The maximum atomic E-state index is 13.9. The van der Waals surface area contributed by atoms with Gasteiger partial charge in [-0.3, -0.25) is 9.29 Å². The molecule has 1 heterocycles. The molecule has 3 aromatic rings. The third kappa shape index (κ3) is 6.22. The van der Waals surface area contributed by atoms with Crippen molar-refractivity contribution >= 4 is 23.2 Å². The summed E-state index contributed by atoms with van der Waals surface area (Å²) in [6.45, 7) is 2.06. The van der Waals surface area contributed by atoms with E-state index in [9.17, 15) is 27.5 Å². The van der Waals surface area contributed by atoms with Gasteiger partial charge < -0.3 is 9.84 Å². The van der Waals surface area contributed by atoms with Crippen molar-refractivity contribution in [1.29, 1.82) is 0 Å². The molecule has 0 aromatic heterocycles. The van der Waals surface area contributed by atoms with Gasteiger partial charge in [0, 0.05) is 19.6 Å². The number of fused-ring (bicyclic) bond motifs is 1. The first-order chi connectivity index (χ1) is 19.7. The maximum absolute atomic E-state index is 13.9. The number of hydrogen-bond acceptors (Lipinski definition) is 3. The number of aromatic carboxylic acids is 1. The zero-order valence-electron chi connectivity index (χ0n) is 22.7. The Hall–Kier alpha value is -3.91. The molecule has 0 saturated carbocycles. The van der Waals surface area contributed by atoms with E-state index in [-0.39, 0.29) is 18.0 Å². The molecule has 1 aliphatic heterocycles. The quantitative estimate of drug-likeness (QED) is 0.284. The molecule has 1 aliphatic carbocycles. The number of alkyl halides is 4. The number of hydrogen-bond donors (Lipinski definition) is 1. The third-order valence-corrected chi connectivity index (χ3v) is 7.68. The van der Waals surface area contributed by atoms with Crippen LogP contribution in [0, 0.1) is 0 Å². The van der Waals surface area contributed by atoms with Crippen LogP contribution in [0.25, 0.3) is 17.2 Å². The van der Waals surface area contributed by atoms with Crippen molar-refractivity contribution in [1.82, 2.24) is 4.90 Å². The van der Waals surface area contributed by atoms with E-state index in [1.165, 1.54) is 18.7 Å². The zero-order chi connectivity index (χ0) is 29.1. The molecule has 1 saturated heterocycles. The summed E-state index contributed by atoms with van der Waals surface area (Å²) in [4.78, 5) is 13.9. The van der Waals surface area contributed by atoms with Crippen LogP contribution in [0.15, 0.2) is 66.2 Å². The van der Waals surface area contributed by atoms with E-state index < -0.39 is 17.7 Å². The van der Waals surface area contributed by atoms with E-state index in [2.05, 4.69) is 11.0 Å². The van der Waals surface area contributed by atoms with Crippen molar-refractivity contribution in [2.45, 2.75) is 31.9 Å². The fourth-order valence-electron chi connectivity index (χ4n) is 5.70. The van der Waals surface area contributed by atoms with E-state index in [1.54, 1.807) is 24.3 Å². The fourth-order valence-corrected chi connectivity index (χ4v) is 5.70. The molecule has 0 unspecified atom stereocenters. The highest BCUT2D eigenvalue weighted by molar-refractivity contribution is 6.01. The molecule has 3 aromatic carbocycles. The molecule has 214 valence electrons. The van der Waals surface area contributed by atoms with Crippen molar-refractivity contribution in [3.63, 3.8) is 0 Å². The summed E-state index contributed by atoms with van der Waals surface area (Å²) in [5.41, 5.74) is 6.16. The average molecular weight is 566 g/mol. The van der Waals surface area contributed by atoms with Crippen LogP contribution in [-0.2, 0) is 12.6 Å². The molecular formula is C33H31F4NO3. The largest absolute Gasteiger partial charge is 0.496 e. The third-order valence-electron chi connectivity index (χ3n) is 7.68. The number of rotatable bonds is 8. The van der Waals surface area contributed by atoms with Gasteiger partial charge in [-0.2, -0.15) is 13.2 Å². The molecule has 0 spiro atoms. The van der Waals surface area contributed by atoms with Crippen LogP contribution in [-0.4, -0.2) is 49.4 Å². The van der Waals surface area contributed by atoms with Gasteiger partial charge in [-0.25, -0.2) is 4.79 Å². The first kappa shape index (κ1) is 28.6. The highest BCUT2D eigenvalue weighted by atomic mass is 19.4. The first-order valence-electron chi connectivity index (χ1n) is 13.6. The van der Waals surface area contributed by atoms with Crippen LogP contribution in [0.3, 0.4) is 0 Å². The van der Waals surface area contributed by atoms with Crippen LogP contribution >= 0.6 is 0 Å². The topological polar surface area (TPSA) is 49.8 Å². The minimum atomic E-state index is -4.58. The second kappa shape index (κ2) is 11.9. The van der Waals surface area contributed by atoms with Gasteiger partial charge >= 0.3 is 12.1 Å². The molecule has 0 atom stereocenters. The summed E-state index contributed by atoms with van der Waals surface area (Å²) in [5, 5.41) is 9.56. The van der Waals surface area contributed by atoms with Crippen LogP contribution in [0.1, 0.15) is 63.0 Å². The molecule has 2 aliphatic rings. The van der Waals surface area contributed by atoms with E-state index in [0.717, 1.165) is 59.1 Å². The lowest BCUT2D eigenvalue weighted by molar-refractivity contribution is -0.138. The normalized spacial score (nSPS) is 15.7. The molecule has 8 heteroatoms. The number of ether oxygens (including phenoxy) is 1. The molecular weight excluding hydrogens is 534 g/mol. The molecule has 0 amide bonds. The standard InChI is InChI=1S/C33H31F4NO3/c1-41-30-13-11-25(18-29(30)33(35,36)37)27-5-2-4-24-17-26(32(39)40)10-12-28(24)31(27)23-8-6-21(7-9-23)16-22-19-38(20-22)15-3-14-34/h6-13,16-18H,2-5,14-15,19-20H2,1H3,(H,39,40). The Morgan fingerprint density at radius 2 is 1.73 bits per heavy atom. The maximum Gasteiger partial charge on any atom is 0.419 e. The fraction of sp³-hybridized carbons (Fsp3) is 0.303. The summed E-state index contributed by atoms with van der Waals surface area (Å²) < 4.78 is 59.2. The van der Waals surface area contributed by atoms with Crippen LogP contribution in [0.2, 0.25) is 0 Å². The number of aryl methyl sites for hydroxylation is 1. The highest BCUT2D eigenvalue weighted by Crippen LogP contribution is 2.43. The smallest absolute Gasteiger partial charge is 0.419 e. The van der Waals surface area contributed by atoms with Crippen molar-refractivity contribution in [3.8, 4) is 5.75 Å². The van der Waals surface area contributed by atoms with Gasteiger partial charge in [0.25, 0.3) is 0 Å². The van der Waals surface area contributed by atoms with E-state index in [1.807, 2.05) is 24.3 Å². The van der Waals surface area contributed by atoms with Crippen molar-refractivity contribution < 1.29 is 32.2 Å². The molecule has 0 radical (unpaired) electrons. The second-order valence-electron chi connectivity index (χ2n) is 10.5. The van der Waals surface area contributed by atoms with Crippen LogP contribution in [0.5, 0.6) is 5.75 Å². The highest BCUT2D eigenvalue weighted by Gasteiger charge is 2.35. The number of carbonyl (C=O) groups is 1. The van der Waals surface area contributed by atoms with Gasteiger partial charge in [-0.1, -0.05) is 42.5 Å². The number of methoxy groups -OCH3 is 1. The summed E-state index contributed by atoms with van der Waals surface area (Å²) in [5.74, 6) is -1.26. The minimum Gasteiger partial charge on any atom is -0.496 e. The average Bonchev–Trinajstić information content (AvgIpc) is 3.13. The number of likely N-dealkylation sites (tertiary alicyclic amines) is 1. The summed E-state index contributed by atoms with van der Waals surface area (Å²) in [6.07, 6.45) is -0.145. The molecule has 0 bridgehead atoms. The Kier molecular flexibility index (Phi) is 8.31. The molecule has 1 N–H and O–H groups in total. The lowest BCUT2D eigenvalue weighted by Crippen LogP contribution is -2.40. The minimum absolute atomic E-state index is 0.179. The number of carboxylic acid groups (broad SMARTS) is 1. The van der Waals surface area contributed by atoms with E-state index in [0.29, 0.717) is 31.2 Å². The molecule has 5 rings (SSSR count). The number of carboxylic acids is 1. The van der Waals surface area contributed by atoms with Gasteiger partial charge in [0.2, 0.25) is 0 Å². The van der Waals surface area contributed by atoms with Crippen LogP contribution in [0.4, 0.5) is 17.6 Å². The van der Waals surface area contributed by atoms with Gasteiger partial charge in [0.05, 0.1) is 24.9 Å². The number of allylic oxidation sites excluding steroid dienone is 1. The van der Waals surface area contributed by atoms with Crippen LogP contribution < -0.4 is 4.74 Å². The summed E-state index contributed by atoms with van der Waals surface area (Å²) in [7, 11) is 1.22. The van der Waals surface area contributed by atoms with Gasteiger partial charge in [-0.05, 0) is 94.5 Å². The molecule has 4 nitrogen and oxygen atoms in total. The predicted octanol–water partition coefficient (Wildman–Crippen LogP) is 7.77. The summed E-state index contributed by atoms with van der Waals surface area (Å²) in [6, 6.07) is 17.1. The van der Waals surface area contributed by atoms with Gasteiger partial charge in [0.15, 0.2) is 0 Å². The van der Waals surface area contributed by atoms with Crippen molar-refractivity contribution in [3.05, 3.63) is 105 Å². The van der Waals surface area contributed by atoms with Crippen molar-refractivity contribution in [2.24, 2.45) is 0 Å².